The van der Waals surface area contributed by atoms with Gasteiger partial charge in [0.25, 0.3) is 0 Å². The highest BCUT2D eigenvalue weighted by atomic mass is 35.5. The molecule has 18 heteroatoms. The van der Waals surface area contributed by atoms with Crippen LogP contribution >= 0.6 is 35.6 Å². The number of carbonyl (C=O) groups excluding carboxylic acids is 6. The van der Waals surface area contributed by atoms with Crippen LogP contribution in [0.4, 0.5) is 16.2 Å². The number of rotatable bonds is 14. The maximum Gasteiger partial charge on any atom is 0.315 e. The number of urea groups is 1. The van der Waals surface area contributed by atoms with Gasteiger partial charge in [0.1, 0.15) is 5.88 Å². The number of alkyl halides is 1. The number of unbranched alkanes of at least 4 members (excludes halogenated alkanes) is 1. The van der Waals surface area contributed by atoms with Gasteiger partial charge in [0.2, 0.25) is 29.5 Å². The van der Waals surface area contributed by atoms with E-state index in [0.717, 1.165) is 25.0 Å². The molecular formula is C29H40ClN9O6S2. The molecule has 7 amide bonds. The number of fused-ring (bicyclic) bond motifs is 1. The van der Waals surface area contributed by atoms with E-state index in [-0.39, 0.29) is 66.5 Å². The summed E-state index contributed by atoms with van der Waals surface area (Å²) in [5.74, 6) is -0.735. The molecule has 47 heavy (non-hydrogen) atoms. The molecule has 0 spiro atoms. The number of carbonyl (C=O) groups is 6. The molecule has 3 fully saturated rings. The van der Waals surface area contributed by atoms with E-state index in [1.807, 2.05) is 11.8 Å². The van der Waals surface area contributed by atoms with E-state index < -0.39 is 11.8 Å². The minimum absolute atomic E-state index is 0.0670. The third-order valence-electron chi connectivity index (χ3n) is 7.90. The fraction of sp³-hybridized carbons (Fsp3) is 0.552. The molecule has 3 aliphatic rings. The largest absolute Gasteiger partial charge is 0.353 e. The Hall–Kier alpha value is -3.83. The third kappa shape index (κ3) is 11.4. The van der Waals surface area contributed by atoms with Gasteiger partial charge in [-0.1, -0.05) is 6.42 Å². The molecular weight excluding hydrogens is 670 g/mol. The molecule has 7 N–H and O–H groups in total. The first-order valence-corrected chi connectivity index (χ1v) is 17.4. The van der Waals surface area contributed by atoms with E-state index >= 15 is 0 Å². The van der Waals surface area contributed by atoms with Gasteiger partial charge >= 0.3 is 6.03 Å². The number of halogens is 1. The number of nitrogens with zero attached hydrogens (tertiary/aromatic N) is 2. The van der Waals surface area contributed by atoms with Crippen LogP contribution in [-0.2, 0) is 24.0 Å². The minimum Gasteiger partial charge on any atom is -0.353 e. The van der Waals surface area contributed by atoms with Crippen molar-refractivity contribution in [2.75, 3.05) is 68.1 Å². The molecule has 1 aromatic carbocycles. The number of amides is 7. The summed E-state index contributed by atoms with van der Waals surface area (Å²) in [7, 11) is 0. The molecule has 3 atom stereocenters. The third-order valence-corrected chi connectivity index (χ3v) is 9.89. The monoisotopic (exact) mass is 709 g/mol. The molecule has 0 unspecified atom stereocenters. The van der Waals surface area contributed by atoms with Crippen LogP contribution < -0.4 is 37.2 Å². The van der Waals surface area contributed by atoms with Crippen molar-refractivity contribution in [2.24, 2.45) is 0 Å². The second-order valence-corrected chi connectivity index (χ2v) is 13.2. The van der Waals surface area contributed by atoms with E-state index in [9.17, 15) is 28.8 Å². The smallest absolute Gasteiger partial charge is 0.315 e. The van der Waals surface area contributed by atoms with Gasteiger partial charge in [0.15, 0.2) is 5.11 Å². The zero-order chi connectivity index (χ0) is 33.8. The van der Waals surface area contributed by atoms with E-state index in [2.05, 4.69) is 37.2 Å². The Morgan fingerprint density at radius 2 is 1.40 bits per heavy atom. The Labute approximate surface area is 287 Å². The number of anilines is 2. The van der Waals surface area contributed by atoms with Crippen molar-refractivity contribution in [3.63, 3.8) is 0 Å². The maximum atomic E-state index is 12.5. The standard InChI is InChI=1S/C29H40ClN9O6S2/c30-13-23(41)31-15-25(43)38-9-11-39(12-10-38)26(44)16-32-24(42)14-33-29(46)35-19-7-5-18(6-8-19)34-22(40)4-2-1-3-21-27-20(17-47-21)36-28(45)37-27/h5-8,20-21,27H,1-4,9-17H2,(H,31,41)(H,32,42)(H,34,40)(H2,33,35,46)(H2,36,37,45)/t20-,21-,27-/m0/s1. The zero-order valence-corrected chi connectivity index (χ0v) is 28.2. The summed E-state index contributed by atoms with van der Waals surface area (Å²) in [5, 5.41) is 20.2. The van der Waals surface area contributed by atoms with Crippen molar-refractivity contribution in [3.8, 4) is 0 Å². The van der Waals surface area contributed by atoms with Gasteiger partial charge in [-0.25, -0.2) is 4.79 Å². The van der Waals surface area contributed by atoms with Crippen LogP contribution in [0.3, 0.4) is 0 Å². The molecule has 1 aromatic rings. The lowest BCUT2D eigenvalue weighted by atomic mass is 10.0. The predicted octanol–water partition coefficient (Wildman–Crippen LogP) is -0.221. The molecule has 3 heterocycles. The van der Waals surface area contributed by atoms with Crippen molar-refractivity contribution in [3.05, 3.63) is 24.3 Å². The van der Waals surface area contributed by atoms with Crippen LogP contribution in [0.5, 0.6) is 0 Å². The van der Waals surface area contributed by atoms with E-state index in [0.29, 0.717) is 49.2 Å². The molecule has 4 rings (SSSR count). The Morgan fingerprint density at radius 1 is 0.809 bits per heavy atom. The fourth-order valence-electron chi connectivity index (χ4n) is 5.36. The molecule has 0 saturated carbocycles. The molecule has 0 bridgehead atoms. The van der Waals surface area contributed by atoms with Gasteiger partial charge in [-0.2, -0.15) is 11.8 Å². The van der Waals surface area contributed by atoms with Gasteiger partial charge in [0, 0.05) is 55.0 Å². The average molecular weight is 710 g/mol. The molecule has 3 saturated heterocycles. The number of thiocarbonyl (C=S) groups is 1. The van der Waals surface area contributed by atoms with Crippen LogP contribution in [-0.4, -0.2) is 125 Å². The van der Waals surface area contributed by atoms with Crippen LogP contribution in [0.15, 0.2) is 24.3 Å². The summed E-state index contributed by atoms with van der Waals surface area (Å²) < 4.78 is 0. The van der Waals surface area contributed by atoms with Crippen LogP contribution in [0.25, 0.3) is 0 Å². The normalized spacial score (nSPS) is 19.9. The number of benzene rings is 1. The van der Waals surface area contributed by atoms with Crippen molar-refractivity contribution in [1.82, 2.24) is 36.4 Å². The number of hydrogen-bond acceptors (Lipinski definition) is 8. The molecule has 0 aromatic heterocycles. The summed E-state index contributed by atoms with van der Waals surface area (Å²) in [5.41, 5.74) is 1.32. The van der Waals surface area contributed by atoms with Gasteiger partial charge in [-0.3, -0.25) is 24.0 Å². The Morgan fingerprint density at radius 3 is 2.02 bits per heavy atom. The first-order valence-electron chi connectivity index (χ1n) is 15.4. The molecule has 15 nitrogen and oxygen atoms in total. The fourth-order valence-corrected chi connectivity index (χ4v) is 7.19. The van der Waals surface area contributed by atoms with Gasteiger partial charge in [-0.15, -0.1) is 11.6 Å². The maximum absolute atomic E-state index is 12.5. The van der Waals surface area contributed by atoms with Crippen LogP contribution in [0, 0.1) is 0 Å². The highest BCUT2D eigenvalue weighted by Crippen LogP contribution is 2.33. The summed E-state index contributed by atoms with van der Waals surface area (Å²) >= 11 is 12.5. The Kier molecular flexibility index (Phi) is 13.7. The van der Waals surface area contributed by atoms with E-state index in [4.69, 9.17) is 23.8 Å². The van der Waals surface area contributed by atoms with Crippen LogP contribution in [0.1, 0.15) is 25.7 Å². The highest BCUT2D eigenvalue weighted by molar-refractivity contribution is 8.00. The number of piperazine rings is 1. The van der Waals surface area contributed by atoms with Gasteiger partial charge < -0.3 is 47.0 Å². The quantitative estimate of drug-likeness (QED) is 0.0588. The molecule has 3 aliphatic heterocycles. The zero-order valence-electron chi connectivity index (χ0n) is 25.8. The highest BCUT2D eigenvalue weighted by Gasteiger charge is 2.42. The Balaban J connectivity index is 1.04. The number of hydrogen-bond donors (Lipinski definition) is 7. The lowest BCUT2D eigenvalue weighted by molar-refractivity contribution is -0.139. The van der Waals surface area contributed by atoms with Crippen molar-refractivity contribution in [2.45, 2.75) is 43.0 Å². The van der Waals surface area contributed by atoms with E-state index in [1.54, 1.807) is 34.1 Å². The second-order valence-electron chi connectivity index (χ2n) is 11.2. The minimum atomic E-state index is -0.428. The Bertz CT molecular complexity index is 1330. The summed E-state index contributed by atoms with van der Waals surface area (Å²) in [6.45, 7) is 0.814. The first kappa shape index (κ1) is 36.0. The van der Waals surface area contributed by atoms with Crippen LogP contribution in [0.2, 0.25) is 0 Å². The van der Waals surface area contributed by atoms with Gasteiger partial charge in [-0.05, 0) is 49.3 Å². The number of thioether (sulfide) groups is 1. The topological polar surface area (TPSA) is 193 Å². The number of nitrogens with one attached hydrogen (secondary N) is 7. The second kappa shape index (κ2) is 17.9. The molecule has 0 aliphatic carbocycles. The van der Waals surface area contributed by atoms with E-state index in [1.165, 1.54) is 0 Å². The average Bonchev–Trinajstić information content (AvgIpc) is 3.63. The summed E-state index contributed by atoms with van der Waals surface area (Å²) in [6.07, 6.45) is 3.04. The van der Waals surface area contributed by atoms with Crippen molar-refractivity contribution >= 4 is 87.6 Å². The summed E-state index contributed by atoms with van der Waals surface area (Å²) in [6, 6.07) is 7.30. The van der Waals surface area contributed by atoms with Crippen molar-refractivity contribution in [1.29, 1.82) is 0 Å². The van der Waals surface area contributed by atoms with Crippen molar-refractivity contribution < 1.29 is 28.8 Å². The van der Waals surface area contributed by atoms with Gasteiger partial charge in [0.05, 0.1) is 31.7 Å². The predicted molar refractivity (Wildman–Crippen MR) is 183 cm³/mol. The lowest BCUT2D eigenvalue weighted by Gasteiger charge is -2.34. The SMILES string of the molecule is O=C(CCl)NCC(=O)N1CCN(C(=O)CNC(=O)CNC(=S)Nc2ccc(NC(=O)CCCC[C@@H]3SC[C@@H]4NC(=O)N[C@@H]43)cc2)CC1. The first-order chi connectivity index (χ1) is 22.6. The summed E-state index contributed by atoms with van der Waals surface area (Å²) in [4.78, 5) is 75.2. The molecule has 256 valence electrons. The lowest BCUT2D eigenvalue weighted by Crippen LogP contribution is -2.54. The molecule has 0 radical (unpaired) electrons.